The van der Waals surface area contributed by atoms with Crippen molar-refractivity contribution < 1.29 is 14.3 Å². The second-order valence-electron chi connectivity index (χ2n) is 5.80. The van der Waals surface area contributed by atoms with Crippen molar-refractivity contribution in [2.75, 3.05) is 20.8 Å². The van der Waals surface area contributed by atoms with Crippen LogP contribution >= 0.6 is 15.9 Å². The number of carbonyl (C=O) groups is 1. The smallest absolute Gasteiger partial charge is 0.250 e. The quantitative estimate of drug-likeness (QED) is 0.630. The first-order valence-electron chi connectivity index (χ1n) is 8.37. The monoisotopic (exact) mass is 422 g/mol. The van der Waals surface area contributed by atoms with Crippen LogP contribution in [0.1, 0.15) is 18.4 Å². The predicted octanol–water partition coefficient (Wildman–Crippen LogP) is 2.77. The normalized spacial score (nSPS) is 10.4. The van der Waals surface area contributed by atoms with Crippen molar-refractivity contribution in [2.24, 2.45) is 0 Å². The number of unbranched alkanes of at least 4 members (excludes halogenated alkanes) is 1. The number of aryl methyl sites for hydroxylation is 1. The van der Waals surface area contributed by atoms with E-state index in [0.717, 1.165) is 22.9 Å². The van der Waals surface area contributed by atoms with Crippen LogP contribution in [0.3, 0.4) is 0 Å². The van der Waals surface area contributed by atoms with Gasteiger partial charge in [0.05, 0.1) is 20.6 Å². The van der Waals surface area contributed by atoms with Gasteiger partial charge >= 0.3 is 0 Å². The Morgan fingerprint density at radius 2 is 1.88 bits per heavy atom. The van der Waals surface area contributed by atoms with Crippen LogP contribution in [0.4, 0.5) is 0 Å². The lowest BCUT2D eigenvalue weighted by Gasteiger charge is -2.10. The number of ether oxygens (including phenoxy) is 2. The molecule has 0 radical (unpaired) electrons. The number of benzene rings is 1. The number of methoxy groups -OCH3 is 2. The van der Waals surface area contributed by atoms with Gasteiger partial charge in [0.1, 0.15) is 0 Å². The van der Waals surface area contributed by atoms with E-state index in [1.165, 1.54) is 6.07 Å². The fourth-order valence-corrected chi connectivity index (χ4v) is 2.93. The van der Waals surface area contributed by atoms with Gasteiger partial charge in [-0.1, -0.05) is 6.07 Å². The van der Waals surface area contributed by atoms with E-state index in [0.29, 0.717) is 24.6 Å². The molecule has 0 aliphatic carbocycles. The number of hydrogen-bond donors (Lipinski definition) is 1. The molecule has 1 N–H and O–H groups in total. The van der Waals surface area contributed by atoms with Gasteiger partial charge in [-0.05, 0) is 52.5 Å². The number of halogens is 1. The van der Waals surface area contributed by atoms with Gasteiger partial charge in [-0.2, -0.15) is 0 Å². The molecule has 1 aromatic carbocycles. The van der Waals surface area contributed by atoms with Crippen LogP contribution < -0.4 is 20.3 Å². The first kappa shape index (κ1) is 20.0. The molecule has 0 aliphatic rings. The molecule has 0 atom stereocenters. The van der Waals surface area contributed by atoms with Gasteiger partial charge < -0.3 is 19.4 Å². The zero-order valence-electron chi connectivity index (χ0n) is 15.0. The summed E-state index contributed by atoms with van der Waals surface area (Å²) < 4.78 is 13.0. The van der Waals surface area contributed by atoms with Crippen LogP contribution in [-0.4, -0.2) is 31.2 Å². The summed E-state index contributed by atoms with van der Waals surface area (Å²) in [5, 5.41) is 2.90. The van der Waals surface area contributed by atoms with Gasteiger partial charge in [-0.3, -0.25) is 9.59 Å². The highest BCUT2D eigenvalue weighted by molar-refractivity contribution is 9.10. The Bertz CT molecular complexity index is 804. The molecule has 0 bridgehead atoms. The number of nitrogens with zero attached hydrogens (tertiary/aromatic N) is 1. The third kappa shape index (κ3) is 5.91. The van der Waals surface area contributed by atoms with Gasteiger partial charge in [0.2, 0.25) is 5.91 Å². The summed E-state index contributed by atoms with van der Waals surface area (Å²) in [6.45, 7) is 1.21. The fraction of sp³-hybridized carbons (Fsp3) is 0.368. The molecule has 6 nitrogen and oxygen atoms in total. The fourth-order valence-electron chi connectivity index (χ4n) is 2.55. The maximum Gasteiger partial charge on any atom is 0.250 e. The highest BCUT2D eigenvalue weighted by Gasteiger charge is 2.08. The van der Waals surface area contributed by atoms with E-state index in [1.54, 1.807) is 43.2 Å². The van der Waals surface area contributed by atoms with E-state index in [-0.39, 0.29) is 17.9 Å². The number of amides is 1. The molecule has 2 aromatic rings. The van der Waals surface area contributed by atoms with Gasteiger partial charge in [-0.15, -0.1) is 0 Å². The van der Waals surface area contributed by atoms with E-state index in [2.05, 4.69) is 21.2 Å². The molecule has 0 fully saturated rings. The van der Waals surface area contributed by atoms with E-state index in [1.807, 2.05) is 6.07 Å². The molecule has 140 valence electrons. The van der Waals surface area contributed by atoms with Gasteiger partial charge in [-0.25, -0.2) is 0 Å². The van der Waals surface area contributed by atoms with Crippen molar-refractivity contribution in [3.8, 4) is 11.5 Å². The number of pyridine rings is 1. The van der Waals surface area contributed by atoms with Crippen LogP contribution in [0.5, 0.6) is 11.5 Å². The molecule has 0 saturated carbocycles. The molecule has 7 heteroatoms. The molecular formula is C19H23BrN2O4. The van der Waals surface area contributed by atoms with Crippen LogP contribution in [0.15, 0.2) is 45.8 Å². The number of nitrogens with one attached hydrogen (secondary N) is 1. The van der Waals surface area contributed by atoms with Gasteiger partial charge in [0, 0.05) is 29.8 Å². The molecule has 26 heavy (non-hydrogen) atoms. The Morgan fingerprint density at radius 1 is 1.12 bits per heavy atom. The number of rotatable bonds is 9. The third-order valence-corrected chi connectivity index (χ3v) is 4.38. The molecule has 0 spiro atoms. The lowest BCUT2D eigenvalue weighted by atomic mass is 10.1. The molecule has 0 saturated heterocycles. The Labute approximate surface area is 161 Å². The maximum absolute atomic E-state index is 12.1. The van der Waals surface area contributed by atoms with Crippen molar-refractivity contribution in [3.63, 3.8) is 0 Å². The molecule has 1 heterocycles. The van der Waals surface area contributed by atoms with E-state index in [9.17, 15) is 9.59 Å². The van der Waals surface area contributed by atoms with Crippen LogP contribution in [-0.2, 0) is 17.8 Å². The zero-order valence-corrected chi connectivity index (χ0v) is 16.5. The van der Waals surface area contributed by atoms with Crippen molar-refractivity contribution in [1.29, 1.82) is 0 Å². The van der Waals surface area contributed by atoms with Crippen molar-refractivity contribution in [2.45, 2.75) is 25.8 Å². The average molecular weight is 423 g/mol. The predicted molar refractivity (Wildman–Crippen MR) is 104 cm³/mol. The first-order valence-corrected chi connectivity index (χ1v) is 9.16. The highest BCUT2D eigenvalue weighted by Crippen LogP contribution is 2.27. The van der Waals surface area contributed by atoms with Gasteiger partial charge in [0.15, 0.2) is 11.5 Å². The first-order chi connectivity index (χ1) is 12.5. The van der Waals surface area contributed by atoms with Crippen LogP contribution in [0, 0.1) is 0 Å². The standard InChI is InChI=1S/C19H23BrN2O4/c1-25-16-7-5-14(11-17(16)26-2)12-18(23)21-9-3-4-10-22-13-15(20)6-8-19(22)24/h5-8,11,13H,3-4,9-10,12H2,1-2H3,(H,21,23). The zero-order chi connectivity index (χ0) is 18.9. The summed E-state index contributed by atoms with van der Waals surface area (Å²) in [4.78, 5) is 23.8. The topological polar surface area (TPSA) is 69.6 Å². The van der Waals surface area contributed by atoms with Crippen molar-refractivity contribution >= 4 is 21.8 Å². The SMILES string of the molecule is COc1ccc(CC(=O)NCCCCn2cc(Br)ccc2=O)cc1OC. The lowest BCUT2D eigenvalue weighted by molar-refractivity contribution is -0.120. The van der Waals surface area contributed by atoms with Crippen molar-refractivity contribution in [1.82, 2.24) is 9.88 Å². The largest absolute Gasteiger partial charge is 0.493 e. The lowest BCUT2D eigenvalue weighted by Crippen LogP contribution is -2.26. The second-order valence-corrected chi connectivity index (χ2v) is 6.72. The van der Waals surface area contributed by atoms with Crippen molar-refractivity contribution in [3.05, 3.63) is 56.9 Å². The molecular weight excluding hydrogens is 400 g/mol. The Morgan fingerprint density at radius 3 is 2.62 bits per heavy atom. The molecule has 0 aliphatic heterocycles. The molecule has 1 amide bonds. The number of aromatic nitrogens is 1. The van der Waals surface area contributed by atoms with Crippen LogP contribution in [0.25, 0.3) is 0 Å². The molecule has 1 aromatic heterocycles. The van der Waals surface area contributed by atoms with E-state index < -0.39 is 0 Å². The molecule has 0 unspecified atom stereocenters. The summed E-state index contributed by atoms with van der Waals surface area (Å²) in [7, 11) is 3.14. The third-order valence-electron chi connectivity index (χ3n) is 3.91. The van der Waals surface area contributed by atoms with E-state index >= 15 is 0 Å². The summed E-state index contributed by atoms with van der Waals surface area (Å²) >= 11 is 3.36. The number of carbonyl (C=O) groups excluding carboxylic acids is 1. The Kier molecular flexibility index (Phi) is 7.72. The highest BCUT2D eigenvalue weighted by atomic mass is 79.9. The number of hydrogen-bond acceptors (Lipinski definition) is 4. The van der Waals surface area contributed by atoms with E-state index in [4.69, 9.17) is 9.47 Å². The average Bonchev–Trinajstić information content (AvgIpc) is 2.64. The Hall–Kier alpha value is -2.28. The Balaban J connectivity index is 1.74. The van der Waals surface area contributed by atoms with Crippen LogP contribution in [0.2, 0.25) is 0 Å². The summed E-state index contributed by atoms with van der Waals surface area (Å²) in [6.07, 6.45) is 3.67. The minimum absolute atomic E-state index is 0.0225. The maximum atomic E-state index is 12.1. The summed E-state index contributed by atoms with van der Waals surface area (Å²) in [5.41, 5.74) is 0.839. The summed E-state index contributed by atoms with van der Waals surface area (Å²) in [6, 6.07) is 8.71. The minimum Gasteiger partial charge on any atom is -0.493 e. The van der Waals surface area contributed by atoms with Gasteiger partial charge in [0.25, 0.3) is 5.56 Å². The minimum atomic E-state index is -0.0446. The molecule has 2 rings (SSSR count). The summed E-state index contributed by atoms with van der Waals surface area (Å²) in [5.74, 6) is 1.20. The second kappa shape index (κ2) is 10.0.